The second kappa shape index (κ2) is 41.6. The summed E-state index contributed by atoms with van der Waals surface area (Å²) in [4.78, 5) is 215. The summed E-state index contributed by atoms with van der Waals surface area (Å²) in [5, 5.41) is 43.8. The molecule has 2 aliphatic heterocycles. The quantitative estimate of drug-likeness (QED) is 0.0351. The molecule has 1 aromatic heterocycles. The van der Waals surface area contributed by atoms with Crippen molar-refractivity contribution in [1.29, 1.82) is 0 Å². The first-order valence-corrected chi connectivity index (χ1v) is 35.1. The van der Waals surface area contributed by atoms with Crippen LogP contribution in [0, 0.1) is 23.7 Å². The van der Waals surface area contributed by atoms with Gasteiger partial charge in [-0.2, -0.15) is 0 Å². The first kappa shape index (κ1) is 83.5. The molecule has 3 heterocycles. The molecule has 100 heavy (non-hydrogen) atoms. The summed E-state index contributed by atoms with van der Waals surface area (Å²) < 4.78 is 0. The van der Waals surface area contributed by atoms with Crippen LogP contribution in [0.2, 0.25) is 0 Å². The molecule has 1 saturated heterocycles. The predicted molar refractivity (Wildman–Crippen MR) is 369 cm³/mol. The molecule has 0 spiro atoms. The number of carboxylic acids is 2. The van der Waals surface area contributed by atoms with Crippen molar-refractivity contribution in [3.63, 3.8) is 0 Å². The normalized spacial score (nSPS) is 22.8. The third-order valence-corrected chi connectivity index (χ3v) is 18.8. The molecule has 15 atom stereocenters. The maximum atomic E-state index is 16.1. The number of aliphatic imine (C=N–C) groups is 1. The summed E-state index contributed by atoms with van der Waals surface area (Å²) in [7, 11) is 0. The van der Waals surface area contributed by atoms with Crippen LogP contribution >= 0.6 is 11.8 Å². The van der Waals surface area contributed by atoms with Gasteiger partial charge in [0.2, 0.25) is 59.1 Å². The molecule has 33 nitrogen and oxygen atoms in total. The van der Waals surface area contributed by atoms with Crippen molar-refractivity contribution in [3.8, 4) is 0 Å². The zero-order valence-corrected chi connectivity index (χ0v) is 59.0. The molecule has 2 aliphatic rings. The van der Waals surface area contributed by atoms with Gasteiger partial charge in [0.1, 0.15) is 66.5 Å². The second-order valence-corrected chi connectivity index (χ2v) is 27.0. The maximum Gasteiger partial charge on any atom is 0.305 e. The highest BCUT2D eigenvalue weighted by Gasteiger charge is 2.46. The minimum atomic E-state index is -2.33. The lowest BCUT2D eigenvalue weighted by Gasteiger charge is -2.37. The van der Waals surface area contributed by atoms with Crippen LogP contribution in [0.3, 0.4) is 0 Å². The Labute approximate surface area is 586 Å². The lowest BCUT2D eigenvalue weighted by Crippen LogP contribution is -2.66. The number of H-pyrrole nitrogens is 1. The zero-order chi connectivity index (χ0) is 74.5. The van der Waals surface area contributed by atoms with E-state index in [-0.39, 0.29) is 87.7 Å². The number of imide groups is 1. The average Bonchev–Trinajstić information content (AvgIpc) is 1.18. The number of hydrogen-bond acceptors (Lipinski definition) is 20. The van der Waals surface area contributed by atoms with Gasteiger partial charge in [-0.1, -0.05) is 105 Å². The molecule has 0 aliphatic carbocycles. The molecule has 0 radical (unpaired) electrons. The lowest BCUT2D eigenvalue weighted by molar-refractivity contribution is -0.157. The Bertz CT molecular complexity index is 3180. The fraction of sp³-hybridized carbons (Fsp3) is 0.636. The number of unbranched alkanes of at least 4 members (excludes halogenated alkanes) is 1. The van der Waals surface area contributed by atoms with Gasteiger partial charge < -0.3 is 86.0 Å². The number of aliphatic carboxylic acids is 2. The molecular weight excluding hydrogens is 1320 g/mol. The number of nitrogens with zero attached hydrogens (tertiary/aromatic N) is 3. The van der Waals surface area contributed by atoms with Crippen molar-refractivity contribution in [2.45, 2.75) is 224 Å². The van der Waals surface area contributed by atoms with E-state index in [0.29, 0.717) is 15.5 Å². The number of carbonyl (C=O) groups is 14. The third-order valence-electron chi connectivity index (χ3n) is 17.6. The van der Waals surface area contributed by atoms with Gasteiger partial charge in [0.05, 0.1) is 30.3 Å². The number of thioether (sulfide) groups is 1. The van der Waals surface area contributed by atoms with Crippen molar-refractivity contribution in [2.75, 3.05) is 18.8 Å². The van der Waals surface area contributed by atoms with Gasteiger partial charge in [0.25, 0.3) is 11.8 Å². The van der Waals surface area contributed by atoms with Crippen LogP contribution in [0.1, 0.15) is 150 Å². The molecule has 1 aromatic carbocycles. The molecule has 0 saturated carbocycles. The second-order valence-electron chi connectivity index (χ2n) is 26.0. The van der Waals surface area contributed by atoms with Gasteiger partial charge in [0.15, 0.2) is 0 Å². The number of aromatic amines is 1. The fourth-order valence-corrected chi connectivity index (χ4v) is 12.3. The Hall–Kier alpha value is -8.89. The smallest absolute Gasteiger partial charge is 0.305 e. The van der Waals surface area contributed by atoms with E-state index in [0.717, 1.165) is 6.42 Å². The van der Waals surface area contributed by atoms with Crippen LogP contribution in [-0.4, -0.2) is 204 Å². The fourth-order valence-electron chi connectivity index (χ4n) is 11.1. The van der Waals surface area contributed by atoms with E-state index in [1.165, 1.54) is 31.2 Å². The van der Waals surface area contributed by atoms with Crippen LogP contribution in [0.5, 0.6) is 0 Å². The molecule has 0 bridgehead atoms. The number of nitrogens with two attached hydrogens (primary N) is 4. The molecule has 4 rings (SSSR count). The number of primary amides is 1. The van der Waals surface area contributed by atoms with E-state index in [1.54, 1.807) is 65.0 Å². The highest BCUT2D eigenvalue weighted by molar-refractivity contribution is 8.14. The van der Waals surface area contributed by atoms with Crippen molar-refractivity contribution >= 4 is 99.6 Å². The van der Waals surface area contributed by atoms with Crippen LogP contribution in [0.25, 0.3) is 0 Å². The van der Waals surface area contributed by atoms with Gasteiger partial charge >= 0.3 is 11.9 Å². The van der Waals surface area contributed by atoms with E-state index in [1.807, 2.05) is 13.8 Å². The molecule has 1 fully saturated rings. The van der Waals surface area contributed by atoms with Gasteiger partial charge in [0, 0.05) is 36.9 Å². The maximum absolute atomic E-state index is 16.1. The van der Waals surface area contributed by atoms with Crippen molar-refractivity contribution < 1.29 is 77.3 Å². The van der Waals surface area contributed by atoms with E-state index >= 15 is 14.4 Å². The molecule has 34 heteroatoms. The number of imidazole rings is 1. The molecule has 1 unspecified atom stereocenters. The summed E-state index contributed by atoms with van der Waals surface area (Å²) in [6.45, 7) is 13.8. The average molecular weight is 1420 g/mol. The zero-order valence-electron chi connectivity index (χ0n) is 58.2. The van der Waals surface area contributed by atoms with Gasteiger partial charge in [-0.05, 0) is 87.3 Å². The lowest BCUT2D eigenvalue weighted by atomic mass is 9.94. The summed E-state index contributed by atoms with van der Waals surface area (Å²) in [5.41, 5.74) is 24.9. The highest BCUT2D eigenvalue weighted by Crippen LogP contribution is 2.25. The minimum Gasteiger partial charge on any atom is -0.481 e. The van der Waals surface area contributed by atoms with Gasteiger partial charge in [-0.15, -0.1) is 11.8 Å². The molecular formula is C66H103N17O16S. The largest absolute Gasteiger partial charge is 0.481 e. The van der Waals surface area contributed by atoms with E-state index < -0.39 is 206 Å². The Morgan fingerprint density at radius 1 is 0.650 bits per heavy atom. The van der Waals surface area contributed by atoms with Gasteiger partial charge in [-0.25, -0.2) is 4.98 Å². The first-order chi connectivity index (χ1) is 47.4. The number of carboxylic acid groups (broad SMARTS) is 2. The summed E-state index contributed by atoms with van der Waals surface area (Å²) in [6, 6.07) is -10.9. The summed E-state index contributed by atoms with van der Waals surface area (Å²) in [5.74, 6) is -18.6. The minimum absolute atomic E-state index is 0.00239. The van der Waals surface area contributed by atoms with Gasteiger partial charge in [-0.3, -0.25) is 77.0 Å². The summed E-state index contributed by atoms with van der Waals surface area (Å²) in [6.07, 6.45) is -1.36. The number of hydrogen-bond donors (Lipinski definition) is 16. The monoisotopic (exact) mass is 1420 g/mol. The van der Waals surface area contributed by atoms with Crippen LogP contribution in [0.15, 0.2) is 47.8 Å². The van der Waals surface area contributed by atoms with Crippen LogP contribution < -0.4 is 70.8 Å². The Balaban J connectivity index is 1.99. The van der Waals surface area contributed by atoms with E-state index in [2.05, 4.69) is 62.8 Å². The Morgan fingerprint density at radius 2 is 1.24 bits per heavy atom. The van der Waals surface area contributed by atoms with Crippen molar-refractivity contribution in [1.82, 2.24) is 62.7 Å². The molecule has 20 N–H and O–H groups in total. The summed E-state index contributed by atoms with van der Waals surface area (Å²) >= 11 is 1.31. The van der Waals surface area contributed by atoms with Crippen molar-refractivity contribution in [3.05, 3.63) is 54.1 Å². The van der Waals surface area contributed by atoms with E-state index in [4.69, 9.17) is 22.9 Å². The molecule has 2 aromatic rings. The third kappa shape index (κ3) is 26.0. The van der Waals surface area contributed by atoms with Crippen LogP contribution in [-0.2, 0) is 80.0 Å². The number of benzene rings is 1. The Morgan fingerprint density at radius 3 is 1.82 bits per heavy atom. The standard InChI is InChI=1S/C66H103N17O16S/c1-9-35(6)52(70)64-80-47(32-100-64)61(95)75-42(26-34(4)5)57(91)73-41(22-23-50(85)86)56(90)82-54(37(8)11-3)66(99)83-48(21-15-16-24-67)62(96)74-40(20-17-25-68)55(89)81-53(36(7)10-2)63(97)78-43(27-38-18-13-12-14-19-38)58(92)76-44(28-39-31-71-33-72-39)59(93)77-45(30-51(87)88)60(94)79-46(65(83)98)29-49(69)84/h12-14,18-19,31,33-37,40-48,52-54H,9-11,15-17,20-30,32,67-68,70H2,1-8H3,(H2,69,84)(H,71,72)(H,73,91)(H,74,96)(H,75,95)(H,76,92)(H,77,93)(H,78,97)(H,79,94)(H,81,89)(H,82,90)(H,85,86)(H,87,88)/t35-,36+,37+,40-,41-,42+,43-,44+,45-,46+,47?,48+,52-,53+,54+/m1/s1. The SMILES string of the molecule is CC[C@@H](C)[C@@H](N)C1=NC(C(=O)N[C@@H](CC(C)C)C(=O)N[C@H](CCC(=O)O)C(=O)N[C@H](C(=O)N2C(=O)[C@H](CC(N)=O)NC(=O)[C@@H](CC(=O)O)NC(=O)[C@H](Cc3cnc[nH]3)NC(=O)[C@@H](Cc3ccccc3)NC(=O)[C@H]([C@@H](C)CC)NC(=O)[C@@H](CCCN)NC(=O)[C@@H]2CCCCN)[C@@H](C)CC)CS1. The Kier molecular flexibility index (Phi) is 34.8. The number of aromatic nitrogens is 2. The molecule has 554 valence electrons. The van der Waals surface area contributed by atoms with Crippen LogP contribution in [0.4, 0.5) is 0 Å². The molecule has 12 amide bonds. The number of carbonyl (C=O) groups excluding carboxylic acids is 12. The predicted octanol–water partition coefficient (Wildman–Crippen LogP) is -1.60. The highest BCUT2D eigenvalue weighted by atomic mass is 32.2. The van der Waals surface area contributed by atoms with Crippen molar-refractivity contribution in [2.24, 2.45) is 51.6 Å². The first-order valence-electron chi connectivity index (χ1n) is 34.1. The van der Waals surface area contributed by atoms with E-state index in [9.17, 15) is 63.0 Å². The number of amides is 12. The number of nitrogens with one attached hydrogen (secondary N) is 10. The topological polar surface area (TPSA) is 536 Å². The number of rotatable bonds is 34.